The second-order valence-corrected chi connectivity index (χ2v) is 6.78. The largest absolute Gasteiger partial charge is 0.321 e. The van der Waals surface area contributed by atoms with Crippen LogP contribution in [0.25, 0.3) is 56.1 Å². The van der Waals surface area contributed by atoms with Gasteiger partial charge in [-0.25, -0.2) is 9.97 Å². The maximum atomic E-state index is 4.83. The molecule has 0 aliphatic rings. The van der Waals surface area contributed by atoms with Gasteiger partial charge in [0.2, 0.25) is 0 Å². The zero-order valence-corrected chi connectivity index (χ0v) is 15.6. The van der Waals surface area contributed by atoms with E-state index in [1.54, 1.807) is 31.0 Å². The average molecular weight is 390 g/mol. The number of aromatic nitrogens is 8. The highest BCUT2D eigenvalue weighted by molar-refractivity contribution is 5.96. The van der Waals surface area contributed by atoms with Gasteiger partial charge in [0.05, 0.1) is 23.1 Å². The number of imidazole rings is 1. The molecular formula is C22H14N8. The topological polar surface area (TPSA) is 109 Å². The van der Waals surface area contributed by atoms with Crippen molar-refractivity contribution in [3.63, 3.8) is 0 Å². The first-order valence-electron chi connectivity index (χ1n) is 9.38. The van der Waals surface area contributed by atoms with Crippen LogP contribution in [-0.2, 0) is 0 Å². The maximum absolute atomic E-state index is 4.83. The first-order valence-corrected chi connectivity index (χ1v) is 9.38. The van der Waals surface area contributed by atoms with Crippen LogP contribution in [0.15, 0.2) is 73.4 Å². The Labute approximate surface area is 170 Å². The van der Waals surface area contributed by atoms with Crippen molar-refractivity contribution in [2.24, 2.45) is 0 Å². The summed E-state index contributed by atoms with van der Waals surface area (Å²) in [7, 11) is 0. The van der Waals surface area contributed by atoms with E-state index in [0.29, 0.717) is 17.2 Å². The summed E-state index contributed by atoms with van der Waals surface area (Å²) in [5, 5.41) is 8.43. The van der Waals surface area contributed by atoms with Crippen LogP contribution in [-0.4, -0.2) is 40.1 Å². The highest BCUT2D eigenvalue weighted by atomic mass is 15.1. The van der Waals surface area contributed by atoms with Crippen molar-refractivity contribution < 1.29 is 0 Å². The van der Waals surface area contributed by atoms with Gasteiger partial charge in [-0.1, -0.05) is 6.07 Å². The second kappa shape index (κ2) is 6.56. The number of pyridine rings is 4. The smallest absolute Gasteiger partial charge is 0.160 e. The van der Waals surface area contributed by atoms with E-state index in [2.05, 4.69) is 35.1 Å². The molecule has 0 saturated carbocycles. The summed E-state index contributed by atoms with van der Waals surface area (Å²) in [6, 6.07) is 13.6. The lowest BCUT2D eigenvalue weighted by atomic mass is 10.1. The Bertz CT molecular complexity index is 1490. The van der Waals surface area contributed by atoms with Crippen LogP contribution in [0.3, 0.4) is 0 Å². The van der Waals surface area contributed by atoms with Gasteiger partial charge in [-0.3, -0.25) is 20.1 Å². The monoisotopic (exact) mass is 390 g/mol. The van der Waals surface area contributed by atoms with Gasteiger partial charge in [-0.15, -0.1) is 0 Å². The number of hydrogen-bond donors (Lipinski definition) is 2. The molecule has 6 aromatic rings. The van der Waals surface area contributed by atoms with Crippen molar-refractivity contribution in [3.8, 4) is 34.0 Å². The van der Waals surface area contributed by atoms with Crippen molar-refractivity contribution >= 4 is 22.1 Å². The Kier molecular flexibility index (Phi) is 3.60. The summed E-state index contributed by atoms with van der Waals surface area (Å²) in [6.07, 6.45) is 8.82. The van der Waals surface area contributed by atoms with E-state index >= 15 is 0 Å². The molecule has 0 radical (unpaired) electrons. The predicted octanol–water partition coefficient (Wildman–Crippen LogP) is 4.02. The molecule has 0 aliphatic heterocycles. The van der Waals surface area contributed by atoms with E-state index < -0.39 is 0 Å². The molecule has 30 heavy (non-hydrogen) atoms. The minimum atomic E-state index is 0.642. The van der Waals surface area contributed by atoms with E-state index in [1.165, 1.54) is 0 Å². The fraction of sp³-hybridized carbons (Fsp3) is 0. The Hall–Kier alpha value is -4.46. The van der Waals surface area contributed by atoms with Crippen molar-refractivity contribution in [3.05, 3.63) is 73.4 Å². The molecule has 0 amide bonds. The summed E-state index contributed by atoms with van der Waals surface area (Å²) in [5.74, 6) is 0.642. The predicted molar refractivity (Wildman–Crippen MR) is 113 cm³/mol. The Balaban J connectivity index is 1.52. The Morgan fingerprint density at radius 3 is 2.60 bits per heavy atom. The fourth-order valence-corrected chi connectivity index (χ4v) is 3.54. The molecule has 6 rings (SSSR count). The molecular weight excluding hydrogens is 376 g/mol. The van der Waals surface area contributed by atoms with Gasteiger partial charge in [-0.2, -0.15) is 5.10 Å². The molecule has 8 nitrogen and oxygen atoms in total. The van der Waals surface area contributed by atoms with E-state index in [1.807, 2.05) is 42.5 Å². The number of rotatable bonds is 3. The minimum absolute atomic E-state index is 0.642. The highest BCUT2D eigenvalue weighted by Gasteiger charge is 2.16. The van der Waals surface area contributed by atoms with Crippen LogP contribution in [0.5, 0.6) is 0 Å². The summed E-state index contributed by atoms with van der Waals surface area (Å²) in [5.41, 5.74) is 6.62. The van der Waals surface area contributed by atoms with E-state index in [-0.39, 0.29) is 0 Å². The second-order valence-electron chi connectivity index (χ2n) is 6.78. The molecule has 0 bridgehead atoms. The van der Waals surface area contributed by atoms with Gasteiger partial charge >= 0.3 is 0 Å². The first kappa shape index (κ1) is 16.5. The molecule has 6 aromatic heterocycles. The molecule has 0 aromatic carbocycles. The van der Waals surface area contributed by atoms with Crippen molar-refractivity contribution in [1.82, 2.24) is 40.1 Å². The minimum Gasteiger partial charge on any atom is -0.321 e. The number of hydrogen-bond acceptors (Lipinski definition) is 6. The summed E-state index contributed by atoms with van der Waals surface area (Å²) in [4.78, 5) is 25.6. The van der Waals surface area contributed by atoms with Crippen LogP contribution in [0.1, 0.15) is 0 Å². The number of H-pyrrole nitrogens is 2. The van der Waals surface area contributed by atoms with Gasteiger partial charge < -0.3 is 4.98 Å². The Morgan fingerprint density at radius 2 is 1.73 bits per heavy atom. The van der Waals surface area contributed by atoms with Crippen LogP contribution in [0.2, 0.25) is 0 Å². The van der Waals surface area contributed by atoms with Crippen LogP contribution >= 0.6 is 0 Å². The van der Waals surface area contributed by atoms with E-state index in [0.717, 1.165) is 38.9 Å². The van der Waals surface area contributed by atoms with Gasteiger partial charge in [0.1, 0.15) is 11.2 Å². The Morgan fingerprint density at radius 1 is 0.800 bits per heavy atom. The average Bonchev–Trinajstić information content (AvgIpc) is 3.43. The molecule has 0 aliphatic carbocycles. The third-order valence-electron chi connectivity index (χ3n) is 4.97. The SMILES string of the molecule is c1ccc(-c2cc3c(-c4nc5c(-c6ccncc6)ccnc5[nH]4)n[nH]c3cn2)nc1. The van der Waals surface area contributed by atoms with Crippen LogP contribution in [0.4, 0.5) is 0 Å². The van der Waals surface area contributed by atoms with Gasteiger partial charge in [0, 0.05) is 35.7 Å². The lowest BCUT2D eigenvalue weighted by molar-refractivity contribution is 1.10. The molecule has 142 valence electrons. The van der Waals surface area contributed by atoms with Crippen molar-refractivity contribution in [2.45, 2.75) is 0 Å². The lowest BCUT2D eigenvalue weighted by Crippen LogP contribution is -1.87. The van der Waals surface area contributed by atoms with Gasteiger partial charge in [-0.05, 0) is 42.0 Å². The third kappa shape index (κ3) is 2.62. The van der Waals surface area contributed by atoms with Gasteiger partial charge in [0.25, 0.3) is 0 Å². The van der Waals surface area contributed by atoms with Crippen molar-refractivity contribution in [2.75, 3.05) is 0 Å². The molecule has 0 saturated heterocycles. The molecule has 0 fully saturated rings. The number of fused-ring (bicyclic) bond motifs is 2. The zero-order chi connectivity index (χ0) is 19.9. The third-order valence-corrected chi connectivity index (χ3v) is 4.97. The number of nitrogens with zero attached hydrogens (tertiary/aromatic N) is 6. The highest BCUT2D eigenvalue weighted by Crippen LogP contribution is 2.31. The summed E-state index contributed by atoms with van der Waals surface area (Å²) < 4.78 is 0. The fourth-order valence-electron chi connectivity index (χ4n) is 3.54. The molecule has 0 atom stereocenters. The van der Waals surface area contributed by atoms with E-state index in [4.69, 9.17) is 4.98 Å². The zero-order valence-electron chi connectivity index (χ0n) is 15.6. The van der Waals surface area contributed by atoms with Crippen LogP contribution < -0.4 is 0 Å². The first-order chi connectivity index (χ1) is 14.9. The molecule has 2 N–H and O–H groups in total. The molecule has 6 heterocycles. The quantitative estimate of drug-likeness (QED) is 0.472. The van der Waals surface area contributed by atoms with Crippen molar-refractivity contribution in [1.29, 1.82) is 0 Å². The molecule has 0 spiro atoms. The van der Waals surface area contributed by atoms with Crippen LogP contribution in [0, 0.1) is 0 Å². The van der Waals surface area contributed by atoms with Gasteiger partial charge in [0.15, 0.2) is 11.5 Å². The summed E-state index contributed by atoms with van der Waals surface area (Å²) >= 11 is 0. The number of aromatic amines is 2. The maximum Gasteiger partial charge on any atom is 0.160 e. The summed E-state index contributed by atoms with van der Waals surface area (Å²) in [6.45, 7) is 0. The van der Waals surface area contributed by atoms with E-state index in [9.17, 15) is 0 Å². The normalized spacial score (nSPS) is 11.3. The standard InChI is InChI=1S/C22H14N8/c1-2-7-24-16(3-1)17-11-15-18(12-26-17)29-30-20(15)22-27-19-14(6-10-25-21(19)28-22)13-4-8-23-9-5-13/h1-12H,(H,29,30)(H,25,27,28). The molecule has 8 heteroatoms. The lowest BCUT2D eigenvalue weighted by Gasteiger charge is -2.00. The molecule has 0 unspecified atom stereocenters. The number of nitrogens with one attached hydrogen (secondary N) is 2.